The number of likely N-dealkylation sites (N-methyl/N-ethyl adjacent to an activating group) is 1. The summed E-state index contributed by atoms with van der Waals surface area (Å²) in [5.74, 6) is 1.21. The summed E-state index contributed by atoms with van der Waals surface area (Å²) in [5.41, 5.74) is 10.6. The summed E-state index contributed by atoms with van der Waals surface area (Å²) in [4.78, 5) is 85.2. The van der Waals surface area contributed by atoms with Gasteiger partial charge in [-0.1, -0.05) is 11.6 Å². The van der Waals surface area contributed by atoms with Crippen LogP contribution in [0.15, 0.2) is 52.5 Å². The fraction of sp³-hybridized carbons (Fsp3) is 0.500. The normalized spacial score (nSPS) is 16.0. The summed E-state index contributed by atoms with van der Waals surface area (Å²) in [5, 5.41) is 17.5. The number of nitrogens with two attached hydrogens (primary N) is 1. The Hall–Kier alpha value is -8.10. The minimum Gasteiger partial charge on any atom is -0.494 e. The summed E-state index contributed by atoms with van der Waals surface area (Å²) >= 11 is 6.58. The number of aromatic nitrogens is 5. The SMILES string of the molecule is CN=C/C(=C\N)c1cc2c(cc1C(F)F)N(c1nn(C3CCN(C(=O)CCOCCOCCNC(=O)C4CCN(c5ncc(Cl)c(Nc6cc(OC)c7c(c6)cc(OCC(=O)NC)c(=O)n7C)n5)CC4)CC3)c3c1CN(C(=O)NC)CC3)CCC2. The van der Waals surface area contributed by atoms with E-state index in [1.165, 1.54) is 37.3 Å². The molecule has 2 fully saturated rings. The number of fused-ring (bicyclic) bond motifs is 3. The summed E-state index contributed by atoms with van der Waals surface area (Å²) in [6, 6.07) is 8.19. The molecule has 5 aromatic rings. The minimum atomic E-state index is -2.76. The van der Waals surface area contributed by atoms with E-state index in [0.29, 0.717) is 161 Å². The third-order valence-corrected chi connectivity index (χ3v) is 16.2. The maximum atomic E-state index is 14.7. The van der Waals surface area contributed by atoms with Gasteiger partial charge in [-0.3, -0.25) is 28.9 Å². The zero-order valence-electron chi connectivity index (χ0n) is 48.6. The molecule has 4 aliphatic heterocycles. The number of rotatable bonds is 22. The number of piperidine rings is 2. The molecule has 5 amide bonds. The smallest absolute Gasteiger partial charge is 0.317 e. The van der Waals surface area contributed by atoms with Gasteiger partial charge in [0.2, 0.25) is 17.8 Å². The molecule has 0 radical (unpaired) electrons. The number of aliphatic imine (C=N–C) groups is 1. The molecule has 7 heterocycles. The molecule has 24 nitrogen and oxygen atoms in total. The van der Waals surface area contributed by atoms with E-state index in [1.807, 2.05) is 14.7 Å². The van der Waals surface area contributed by atoms with Gasteiger partial charge < -0.3 is 70.1 Å². The van der Waals surface area contributed by atoms with Crippen molar-refractivity contribution in [3.8, 4) is 11.5 Å². The van der Waals surface area contributed by atoms with Gasteiger partial charge in [0, 0.05) is 144 Å². The second-order valence-electron chi connectivity index (χ2n) is 21.1. The van der Waals surface area contributed by atoms with Crippen LogP contribution >= 0.6 is 11.6 Å². The maximum Gasteiger partial charge on any atom is 0.317 e. The first-order valence-corrected chi connectivity index (χ1v) is 29.0. The average Bonchev–Trinajstić information content (AvgIpc) is 1.99. The van der Waals surface area contributed by atoms with Crippen molar-refractivity contribution in [2.45, 2.75) is 70.4 Å². The van der Waals surface area contributed by atoms with Gasteiger partial charge in [0.1, 0.15) is 10.8 Å². The quantitative estimate of drug-likeness (QED) is 0.0429. The Kier molecular flexibility index (Phi) is 20.4. The molecule has 0 saturated carbocycles. The number of allylic oxidation sites excluding steroid dienone is 1. The number of hydrogen-bond acceptors (Lipinski definition) is 17. The van der Waals surface area contributed by atoms with Crippen molar-refractivity contribution in [2.24, 2.45) is 23.7 Å². The second-order valence-corrected chi connectivity index (χ2v) is 21.5. The summed E-state index contributed by atoms with van der Waals surface area (Å²) in [6.45, 7) is 4.66. The average molecular weight is 1200 g/mol. The number of alkyl halides is 2. The molecule has 0 atom stereocenters. The molecule has 27 heteroatoms. The number of halogens is 3. The van der Waals surface area contributed by atoms with Crippen molar-refractivity contribution in [3.63, 3.8) is 0 Å². The van der Waals surface area contributed by atoms with Crippen LogP contribution in [-0.2, 0) is 50.3 Å². The number of anilines is 5. The number of carbonyl (C=O) groups is 4. The Morgan fingerprint density at radius 2 is 1.68 bits per heavy atom. The molecule has 0 unspecified atom stereocenters. The van der Waals surface area contributed by atoms with Gasteiger partial charge in [-0.05, 0) is 73.9 Å². The molecule has 2 saturated heterocycles. The van der Waals surface area contributed by atoms with Crippen molar-refractivity contribution < 1.29 is 46.9 Å². The minimum absolute atomic E-state index is 0.000245. The van der Waals surface area contributed by atoms with Crippen molar-refractivity contribution >= 4 is 87.0 Å². The molecule has 9 rings (SSSR count). The number of hydrogen-bond donors (Lipinski definition) is 5. The lowest BCUT2D eigenvalue weighted by molar-refractivity contribution is -0.133. The molecule has 6 N–H and O–H groups in total. The standard InChI is InChI=1S/C58H74ClF2N15O9/c1-63-31-38(30-62)41-26-36-7-6-15-75(46(36)29-42(41)52(60)61)54-43-33-74(58(81)65-3)20-12-45(43)76(70-54)40-10-18-72(19-11-40)50(78)13-21-83-23-24-84-22-14-66-55(79)35-8-16-73(17-9-35)57-67-32-44(59)53(69-57)68-39-25-37-27-48(85-34-49(77)64-2)56(80)71(4)51(37)47(28-39)82-5/h25-32,35,40,52H,6-24,33-34,62H2,1-5H3,(H,64,77)(H,65,81)(H,66,79)(H,67,68,69)/b38-30+,63-31?. The number of likely N-dealkylation sites (tertiary alicyclic amines) is 1. The summed E-state index contributed by atoms with van der Waals surface area (Å²) in [7, 11) is 7.74. The van der Waals surface area contributed by atoms with Gasteiger partial charge in [-0.25, -0.2) is 18.6 Å². The van der Waals surface area contributed by atoms with E-state index in [9.17, 15) is 32.8 Å². The maximum absolute atomic E-state index is 14.7. The van der Waals surface area contributed by atoms with Crippen LogP contribution in [0.1, 0.15) is 78.9 Å². The molecule has 456 valence electrons. The van der Waals surface area contributed by atoms with E-state index < -0.39 is 12.0 Å². The number of amides is 5. The Bertz CT molecular complexity index is 3380. The highest BCUT2D eigenvalue weighted by atomic mass is 35.5. The monoisotopic (exact) mass is 1200 g/mol. The topological polar surface area (TPSA) is 270 Å². The molecule has 85 heavy (non-hydrogen) atoms. The number of urea groups is 1. The van der Waals surface area contributed by atoms with Crippen molar-refractivity contribution in [3.05, 3.63) is 86.1 Å². The first-order chi connectivity index (χ1) is 41.1. The lowest BCUT2D eigenvalue weighted by Gasteiger charge is -2.34. The molecule has 4 aliphatic rings. The van der Waals surface area contributed by atoms with Crippen molar-refractivity contribution in [1.29, 1.82) is 0 Å². The number of carbonyl (C=O) groups excluding carboxylic acids is 4. The van der Waals surface area contributed by atoms with E-state index >= 15 is 0 Å². The third kappa shape index (κ3) is 14.0. The predicted molar refractivity (Wildman–Crippen MR) is 319 cm³/mol. The van der Waals surface area contributed by atoms with E-state index in [2.05, 4.69) is 35.9 Å². The Morgan fingerprint density at radius 1 is 0.918 bits per heavy atom. The van der Waals surface area contributed by atoms with Crippen LogP contribution in [0.4, 0.5) is 42.5 Å². The van der Waals surface area contributed by atoms with E-state index in [-0.39, 0.29) is 78.3 Å². The fourth-order valence-corrected chi connectivity index (χ4v) is 11.6. The van der Waals surface area contributed by atoms with Crippen LogP contribution in [0.5, 0.6) is 11.5 Å². The highest BCUT2D eigenvalue weighted by Crippen LogP contribution is 2.43. The number of nitrogens with one attached hydrogen (secondary N) is 4. The van der Waals surface area contributed by atoms with Crippen LogP contribution in [0.3, 0.4) is 0 Å². The van der Waals surface area contributed by atoms with Crippen LogP contribution in [0, 0.1) is 5.92 Å². The number of nitrogens with zero attached hydrogens (tertiary/aromatic N) is 10. The molecule has 0 spiro atoms. The zero-order valence-corrected chi connectivity index (χ0v) is 49.3. The lowest BCUT2D eigenvalue weighted by atomic mass is 9.92. The van der Waals surface area contributed by atoms with Crippen LogP contribution in [0.2, 0.25) is 5.02 Å². The zero-order chi connectivity index (χ0) is 60.3. The highest BCUT2D eigenvalue weighted by molar-refractivity contribution is 6.33. The molecule has 3 aromatic heterocycles. The fourth-order valence-electron chi connectivity index (χ4n) is 11.5. The van der Waals surface area contributed by atoms with Crippen LogP contribution in [-0.4, -0.2) is 171 Å². The van der Waals surface area contributed by atoms with Gasteiger partial charge in [-0.2, -0.15) is 10.1 Å². The van der Waals surface area contributed by atoms with E-state index in [4.69, 9.17) is 46.4 Å². The molecular formula is C58H74ClF2N15O9. The van der Waals surface area contributed by atoms with Gasteiger partial charge >= 0.3 is 6.03 Å². The first-order valence-electron chi connectivity index (χ1n) is 28.6. The second kappa shape index (κ2) is 28.2. The first kappa shape index (κ1) is 61.5. The molecule has 2 aromatic carbocycles. The number of aryl methyl sites for hydroxylation is 2. The molecule has 0 bridgehead atoms. The van der Waals surface area contributed by atoms with Gasteiger partial charge in [0.25, 0.3) is 17.9 Å². The van der Waals surface area contributed by atoms with E-state index in [0.717, 1.165) is 23.2 Å². The van der Waals surface area contributed by atoms with Crippen molar-refractivity contribution in [2.75, 3.05) is 122 Å². The van der Waals surface area contributed by atoms with Gasteiger partial charge in [0.05, 0.1) is 64.3 Å². The predicted octanol–water partition coefficient (Wildman–Crippen LogP) is 5.39. The van der Waals surface area contributed by atoms with Gasteiger partial charge in [-0.15, -0.1) is 0 Å². The molecule has 0 aliphatic carbocycles. The third-order valence-electron chi connectivity index (χ3n) is 16.0. The number of pyridine rings is 1. The van der Waals surface area contributed by atoms with Crippen LogP contribution < -0.4 is 51.8 Å². The number of methoxy groups -OCH3 is 1. The Balaban J connectivity index is 0.697. The molecular weight excluding hydrogens is 1120 g/mol. The summed E-state index contributed by atoms with van der Waals surface area (Å²) < 4.78 is 55.6. The highest BCUT2D eigenvalue weighted by Gasteiger charge is 2.36. The Morgan fingerprint density at radius 3 is 2.39 bits per heavy atom. The number of ether oxygens (including phenoxy) is 4. The van der Waals surface area contributed by atoms with Gasteiger partial charge in [0.15, 0.2) is 24.0 Å². The van der Waals surface area contributed by atoms with Crippen molar-refractivity contribution in [1.82, 2.24) is 50.1 Å². The summed E-state index contributed by atoms with van der Waals surface area (Å²) in [6.07, 6.45) is 6.28. The lowest BCUT2D eigenvalue weighted by Crippen LogP contribution is -2.42. The largest absolute Gasteiger partial charge is 0.494 e. The Labute approximate surface area is 496 Å². The van der Waals surface area contributed by atoms with Crippen LogP contribution in [0.25, 0.3) is 16.5 Å². The number of benzene rings is 2. The van der Waals surface area contributed by atoms with E-state index in [1.54, 1.807) is 56.4 Å².